The molecule has 0 unspecified atom stereocenters. The molecule has 156 valence electrons. The molecule has 1 amide bonds. The third-order valence-corrected chi connectivity index (χ3v) is 5.54. The van der Waals surface area contributed by atoms with Crippen molar-refractivity contribution in [1.82, 2.24) is 19.6 Å². The van der Waals surface area contributed by atoms with Crippen LogP contribution in [-0.4, -0.2) is 51.7 Å². The first-order valence-corrected chi connectivity index (χ1v) is 10.1. The van der Waals surface area contributed by atoms with Crippen molar-refractivity contribution in [2.75, 3.05) is 26.2 Å². The van der Waals surface area contributed by atoms with E-state index < -0.39 is 0 Å². The molecule has 7 heteroatoms. The van der Waals surface area contributed by atoms with E-state index in [4.69, 9.17) is 0 Å². The van der Waals surface area contributed by atoms with E-state index in [2.05, 4.69) is 10.00 Å². The summed E-state index contributed by atoms with van der Waals surface area (Å²) in [6.45, 7) is 5.10. The van der Waals surface area contributed by atoms with Crippen LogP contribution in [-0.2, 0) is 6.54 Å². The first-order chi connectivity index (χ1) is 14.5. The van der Waals surface area contributed by atoms with E-state index in [9.17, 15) is 13.6 Å². The molecule has 2 heterocycles. The molecule has 1 aliphatic heterocycles. The van der Waals surface area contributed by atoms with Crippen molar-refractivity contribution in [3.05, 3.63) is 83.2 Å². The number of amides is 1. The van der Waals surface area contributed by atoms with Crippen molar-refractivity contribution in [2.24, 2.45) is 0 Å². The predicted octanol–water partition coefficient (Wildman–Crippen LogP) is 3.81. The van der Waals surface area contributed by atoms with Gasteiger partial charge in [-0.3, -0.25) is 9.69 Å². The third kappa shape index (κ3) is 4.26. The van der Waals surface area contributed by atoms with Gasteiger partial charge in [0.05, 0.1) is 23.1 Å². The highest BCUT2D eigenvalue weighted by Gasteiger charge is 2.24. The molecular formula is C23H24F2N4O. The quantitative estimate of drug-likeness (QED) is 0.657. The summed E-state index contributed by atoms with van der Waals surface area (Å²) < 4.78 is 28.8. The Morgan fingerprint density at radius 1 is 1.00 bits per heavy atom. The molecule has 0 aliphatic carbocycles. The minimum atomic E-state index is -0.315. The lowest BCUT2D eigenvalue weighted by Crippen LogP contribution is -2.35. The molecule has 1 saturated heterocycles. The summed E-state index contributed by atoms with van der Waals surface area (Å²) in [4.78, 5) is 17.1. The van der Waals surface area contributed by atoms with Gasteiger partial charge in [0.15, 0.2) is 0 Å². The molecule has 0 saturated carbocycles. The highest BCUT2D eigenvalue weighted by atomic mass is 19.1. The standard InChI is InChI=1S/C23H24F2N4O/c1-17-21(15-26-29(17)20-9-7-19(24)8-10-20)23(30)28-12-4-11-27(13-14-28)16-18-5-2-3-6-22(18)25/h2-3,5-10,15H,4,11-14,16H2,1H3. The van der Waals surface area contributed by atoms with Crippen molar-refractivity contribution in [2.45, 2.75) is 19.9 Å². The number of hydrogen-bond donors (Lipinski definition) is 0. The van der Waals surface area contributed by atoms with Crippen LogP contribution in [0, 0.1) is 18.6 Å². The molecule has 30 heavy (non-hydrogen) atoms. The Labute approximate surface area is 174 Å². The van der Waals surface area contributed by atoms with E-state index in [-0.39, 0.29) is 17.5 Å². The summed E-state index contributed by atoms with van der Waals surface area (Å²) >= 11 is 0. The Hall–Kier alpha value is -3.06. The van der Waals surface area contributed by atoms with Crippen LogP contribution >= 0.6 is 0 Å². The van der Waals surface area contributed by atoms with Gasteiger partial charge in [0.2, 0.25) is 0 Å². The van der Waals surface area contributed by atoms with Gasteiger partial charge in [0.25, 0.3) is 5.91 Å². The monoisotopic (exact) mass is 410 g/mol. The maximum absolute atomic E-state index is 14.0. The highest BCUT2D eigenvalue weighted by molar-refractivity contribution is 5.95. The smallest absolute Gasteiger partial charge is 0.257 e. The van der Waals surface area contributed by atoms with E-state index >= 15 is 0 Å². The zero-order valence-electron chi connectivity index (χ0n) is 16.9. The number of rotatable bonds is 4. The Morgan fingerprint density at radius 3 is 2.53 bits per heavy atom. The first kappa shape index (κ1) is 20.2. The third-order valence-electron chi connectivity index (χ3n) is 5.54. The van der Waals surface area contributed by atoms with Gasteiger partial charge in [-0.1, -0.05) is 18.2 Å². The summed E-state index contributed by atoms with van der Waals surface area (Å²) in [5.74, 6) is -0.573. The van der Waals surface area contributed by atoms with Crippen LogP contribution in [0.25, 0.3) is 5.69 Å². The van der Waals surface area contributed by atoms with Crippen molar-refractivity contribution in [1.29, 1.82) is 0 Å². The number of aromatic nitrogens is 2. The van der Waals surface area contributed by atoms with Gasteiger partial charge in [0, 0.05) is 38.3 Å². The van der Waals surface area contributed by atoms with Gasteiger partial charge in [-0.2, -0.15) is 5.10 Å². The van der Waals surface area contributed by atoms with E-state index in [1.807, 2.05) is 17.9 Å². The van der Waals surface area contributed by atoms with Crippen LogP contribution in [0.5, 0.6) is 0 Å². The second-order valence-corrected chi connectivity index (χ2v) is 7.55. The number of hydrogen-bond acceptors (Lipinski definition) is 3. The Kier molecular flexibility index (Phi) is 5.90. The Bertz CT molecular complexity index is 1030. The van der Waals surface area contributed by atoms with E-state index in [1.54, 1.807) is 35.1 Å². The van der Waals surface area contributed by atoms with Gasteiger partial charge >= 0.3 is 0 Å². The van der Waals surface area contributed by atoms with Crippen LogP contribution in [0.4, 0.5) is 8.78 Å². The molecule has 0 bridgehead atoms. The average Bonchev–Trinajstić information content (AvgIpc) is 2.97. The molecule has 1 aliphatic rings. The van der Waals surface area contributed by atoms with Crippen LogP contribution < -0.4 is 0 Å². The van der Waals surface area contributed by atoms with Gasteiger partial charge in [-0.15, -0.1) is 0 Å². The van der Waals surface area contributed by atoms with Crippen molar-refractivity contribution in [3.63, 3.8) is 0 Å². The summed E-state index contributed by atoms with van der Waals surface area (Å²) in [5, 5.41) is 4.33. The van der Waals surface area contributed by atoms with Crippen LogP contribution in [0.15, 0.2) is 54.7 Å². The first-order valence-electron chi connectivity index (χ1n) is 10.1. The van der Waals surface area contributed by atoms with Gasteiger partial charge in [-0.25, -0.2) is 13.5 Å². The van der Waals surface area contributed by atoms with Crippen molar-refractivity contribution in [3.8, 4) is 5.69 Å². The van der Waals surface area contributed by atoms with Crippen LogP contribution in [0.3, 0.4) is 0 Å². The second kappa shape index (κ2) is 8.75. The topological polar surface area (TPSA) is 41.4 Å². The van der Waals surface area contributed by atoms with Gasteiger partial charge in [-0.05, 0) is 43.7 Å². The SMILES string of the molecule is Cc1c(C(=O)N2CCCN(Cc3ccccc3F)CC2)cnn1-c1ccc(F)cc1. The number of carbonyl (C=O) groups excluding carboxylic acids is 1. The van der Waals surface area contributed by atoms with Crippen molar-refractivity contribution < 1.29 is 13.6 Å². The van der Waals surface area contributed by atoms with E-state index in [1.165, 1.54) is 18.2 Å². The fourth-order valence-electron chi connectivity index (χ4n) is 3.83. The molecule has 0 radical (unpaired) electrons. The van der Waals surface area contributed by atoms with Crippen molar-refractivity contribution >= 4 is 5.91 Å². The molecule has 1 fully saturated rings. The number of benzene rings is 2. The summed E-state index contributed by atoms with van der Waals surface area (Å²) in [7, 11) is 0. The van der Waals surface area contributed by atoms with Gasteiger partial charge < -0.3 is 4.90 Å². The zero-order chi connectivity index (χ0) is 21.1. The maximum atomic E-state index is 14.0. The highest BCUT2D eigenvalue weighted by Crippen LogP contribution is 2.18. The molecule has 4 rings (SSSR count). The molecule has 1 aromatic heterocycles. The average molecular weight is 410 g/mol. The second-order valence-electron chi connectivity index (χ2n) is 7.55. The van der Waals surface area contributed by atoms with Gasteiger partial charge in [0.1, 0.15) is 11.6 Å². The minimum Gasteiger partial charge on any atom is -0.337 e. The summed E-state index contributed by atoms with van der Waals surface area (Å²) in [5.41, 5.74) is 2.65. The van der Waals surface area contributed by atoms with Crippen LogP contribution in [0.2, 0.25) is 0 Å². The summed E-state index contributed by atoms with van der Waals surface area (Å²) in [6, 6.07) is 12.8. The van der Waals surface area contributed by atoms with E-state index in [0.29, 0.717) is 43.0 Å². The lowest BCUT2D eigenvalue weighted by Gasteiger charge is -2.22. The summed E-state index contributed by atoms with van der Waals surface area (Å²) in [6.07, 6.45) is 2.40. The fourth-order valence-corrected chi connectivity index (χ4v) is 3.83. The van der Waals surface area contributed by atoms with Crippen LogP contribution in [0.1, 0.15) is 28.0 Å². The number of halogens is 2. The number of carbonyl (C=O) groups is 1. The zero-order valence-corrected chi connectivity index (χ0v) is 16.9. The largest absolute Gasteiger partial charge is 0.337 e. The Morgan fingerprint density at radius 2 is 1.77 bits per heavy atom. The Balaban J connectivity index is 1.44. The molecule has 0 N–H and O–H groups in total. The fraction of sp³-hybridized carbons (Fsp3) is 0.304. The molecule has 0 spiro atoms. The predicted molar refractivity (Wildman–Crippen MR) is 110 cm³/mol. The molecule has 3 aromatic rings. The normalized spacial score (nSPS) is 15.2. The van der Waals surface area contributed by atoms with E-state index in [0.717, 1.165) is 18.7 Å². The molecular weight excluding hydrogens is 386 g/mol. The molecule has 0 atom stereocenters. The number of nitrogens with zero attached hydrogens (tertiary/aromatic N) is 4. The molecule has 5 nitrogen and oxygen atoms in total. The molecule has 2 aromatic carbocycles. The lowest BCUT2D eigenvalue weighted by molar-refractivity contribution is 0.0760. The maximum Gasteiger partial charge on any atom is 0.257 e. The lowest BCUT2D eigenvalue weighted by atomic mass is 10.2. The minimum absolute atomic E-state index is 0.0615.